The predicted octanol–water partition coefficient (Wildman–Crippen LogP) is 3.90. The Morgan fingerprint density at radius 1 is 1.22 bits per heavy atom. The number of amides is 1. The Hall–Kier alpha value is -2.97. The van der Waals surface area contributed by atoms with Crippen molar-refractivity contribution in [3.05, 3.63) is 64.4 Å². The third-order valence-corrected chi connectivity index (χ3v) is 6.47. The lowest BCUT2D eigenvalue weighted by atomic mass is 10.1. The fourth-order valence-corrected chi connectivity index (χ4v) is 4.75. The molecule has 1 saturated heterocycles. The zero-order valence-electron chi connectivity index (χ0n) is 18.0. The molecule has 32 heavy (non-hydrogen) atoms. The number of nitrogens with one attached hydrogen (secondary N) is 1. The van der Waals surface area contributed by atoms with Gasteiger partial charge in [-0.05, 0) is 56.2 Å². The first kappa shape index (κ1) is 22.2. The van der Waals surface area contributed by atoms with Crippen molar-refractivity contribution in [2.24, 2.45) is 0 Å². The Kier molecular flexibility index (Phi) is 6.72. The lowest BCUT2D eigenvalue weighted by Gasteiger charge is -2.18. The number of ketones is 1. The molecule has 1 aromatic heterocycles. The Morgan fingerprint density at radius 2 is 1.97 bits per heavy atom. The number of hydrogen-bond donors (Lipinski definition) is 1. The molecule has 1 amide bonds. The van der Waals surface area contributed by atoms with Crippen LogP contribution in [0, 0.1) is 0 Å². The lowest BCUT2D eigenvalue weighted by Crippen LogP contribution is -2.29. The van der Waals surface area contributed by atoms with E-state index in [0.29, 0.717) is 40.5 Å². The van der Waals surface area contributed by atoms with Crippen molar-refractivity contribution < 1.29 is 14.3 Å². The number of anilines is 1. The highest BCUT2D eigenvalue weighted by Gasteiger charge is 2.23. The van der Waals surface area contributed by atoms with E-state index in [1.54, 1.807) is 34.9 Å². The molecule has 0 spiro atoms. The van der Waals surface area contributed by atoms with Crippen molar-refractivity contribution in [1.82, 2.24) is 9.55 Å². The number of thioether (sulfide) groups is 1. The van der Waals surface area contributed by atoms with Gasteiger partial charge >= 0.3 is 0 Å². The topological polar surface area (TPSA) is 90.3 Å². The summed E-state index contributed by atoms with van der Waals surface area (Å²) >= 11 is 1.28. The third kappa shape index (κ3) is 4.92. The zero-order valence-corrected chi connectivity index (χ0v) is 18.9. The standard InChI is InChI=1S/C24H25N3O4S/c1-15(22(29)17-9-11-18(12-10-17)25-16(2)28)32-24-26-21-8-4-3-7-20(21)23(30)27(24)14-19-6-5-13-31-19/h3-4,7-12,15,19H,5-6,13-14H2,1-2H3,(H,25,28)/t15-,19+/m1/s1. The van der Waals surface area contributed by atoms with E-state index in [0.717, 1.165) is 12.8 Å². The van der Waals surface area contributed by atoms with Crippen LogP contribution in [0.3, 0.4) is 0 Å². The number of nitrogens with zero attached hydrogens (tertiary/aromatic N) is 2. The molecule has 3 aromatic rings. The molecule has 0 unspecified atom stereocenters. The monoisotopic (exact) mass is 451 g/mol. The number of benzene rings is 2. The van der Waals surface area contributed by atoms with E-state index in [9.17, 15) is 14.4 Å². The van der Waals surface area contributed by atoms with E-state index < -0.39 is 5.25 Å². The molecule has 1 aliphatic rings. The van der Waals surface area contributed by atoms with Gasteiger partial charge in [0.25, 0.3) is 5.56 Å². The van der Waals surface area contributed by atoms with Gasteiger partial charge in [-0.1, -0.05) is 23.9 Å². The van der Waals surface area contributed by atoms with Crippen LogP contribution in [-0.2, 0) is 16.1 Å². The van der Waals surface area contributed by atoms with E-state index in [1.165, 1.54) is 18.7 Å². The lowest BCUT2D eigenvalue weighted by molar-refractivity contribution is -0.114. The molecule has 0 aliphatic carbocycles. The number of Topliss-reactive ketones (excluding diaryl/α,β-unsaturated/α-hetero) is 1. The van der Waals surface area contributed by atoms with Gasteiger partial charge in [0, 0.05) is 24.8 Å². The van der Waals surface area contributed by atoms with Crippen LogP contribution in [0.1, 0.15) is 37.0 Å². The van der Waals surface area contributed by atoms with Crippen molar-refractivity contribution in [3.8, 4) is 0 Å². The SMILES string of the molecule is CC(=O)Nc1ccc(C(=O)[C@@H](C)Sc2nc3ccccc3c(=O)n2C[C@@H]2CCCO2)cc1. The Labute approximate surface area is 190 Å². The highest BCUT2D eigenvalue weighted by molar-refractivity contribution is 8.00. The molecule has 0 bridgehead atoms. The first-order chi connectivity index (χ1) is 15.4. The van der Waals surface area contributed by atoms with Crippen LogP contribution in [0.5, 0.6) is 0 Å². The van der Waals surface area contributed by atoms with Crippen LogP contribution >= 0.6 is 11.8 Å². The molecule has 4 rings (SSSR count). The largest absolute Gasteiger partial charge is 0.376 e. The molecular formula is C24H25N3O4S. The number of fused-ring (bicyclic) bond motifs is 1. The molecule has 166 valence electrons. The molecule has 0 saturated carbocycles. The van der Waals surface area contributed by atoms with Crippen molar-refractivity contribution in [2.45, 2.75) is 49.7 Å². The molecule has 2 heterocycles. The van der Waals surface area contributed by atoms with Crippen molar-refractivity contribution in [1.29, 1.82) is 0 Å². The summed E-state index contributed by atoms with van der Waals surface area (Å²) in [6.45, 7) is 4.37. The average molecular weight is 452 g/mol. The second-order valence-electron chi connectivity index (χ2n) is 7.85. The molecule has 0 radical (unpaired) electrons. The molecular weight excluding hydrogens is 426 g/mol. The first-order valence-electron chi connectivity index (χ1n) is 10.6. The number of carbonyl (C=O) groups excluding carboxylic acids is 2. The normalized spacial score (nSPS) is 16.8. The van der Waals surface area contributed by atoms with Crippen molar-refractivity contribution >= 4 is 40.0 Å². The minimum atomic E-state index is -0.453. The van der Waals surface area contributed by atoms with Gasteiger partial charge in [0.05, 0.1) is 28.8 Å². The maximum Gasteiger partial charge on any atom is 0.262 e. The number of carbonyl (C=O) groups is 2. The maximum absolute atomic E-state index is 13.2. The van der Waals surface area contributed by atoms with E-state index in [-0.39, 0.29) is 23.4 Å². The van der Waals surface area contributed by atoms with E-state index in [4.69, 9.17) is 9.72 Å². The van der Waals surface area contributed by atoms with Crippen LogP contribution in [0.2, 0.25) is 0 Å². The van der Waals surface area contributed by atoms with Gasteiger partial charge in [0.2, 0.25) is 5.91 Å². The maximum atomic E-state index is 13.2. The Morgan fingerprint density at radius 3 is 2.66 bits per heavy atom. The molecule has 8 heteroatoms. The summed E-state index contributed by atoms with van der Waals surface area (Å²) in [6, 6.07) is 14.0. The number of para-hydroxylation sites is 1. The summed E-state index contributed by atoms with van der Waals surface area (Å²) in [5, 5.41) is 3.31. The van der Waals surface area contributed by atoms with Gasteiger partial charge in [0.15, 0.2) is 10.9 Å². The van der Waals surface area contributed by atoms with Gasteiger partial charge < -0.3 is 10.1 Å². The third-order valence-electron chi connectivity index (χ3n) is 5.38. The average Bonchev–Trinajstić information content (AvgIpc) is 3.29. The fourth-order valence-electron chi connectivity index (χ4n) is 3.76. The van der Waals surface area contributed by atoms with Crippen LogP contribution in [0.4, 0.5) is 5.69 Å². The number of hydrogen-bond acceptors (Lipinski definition) is 6. The minimum Gasteiger partial charge on any atom is -0.376 e. The Balaban J connectivity index is 1.61. The van der Waals surface area contributed by atoms with Gasteiger partial charge in [-0.3, -0.25) is 19.0 Å². The number of rotatable bonds is 7. The summed E-state index contributed by atoms with van der Waals surface area (Å²) in [7, 11) is 0. The molecule has 1 N–H and O–H groups in total. The zero-order chi connectivity index (χ0) is 22.7. The summed E-state index contributed by atoms with van der Waals surface area (Å²) in [6.07, 6.45) is 1.85. The van der Waals surface area contributed by atoms with E-state index in [2.05, 4.69) is 5.32 Å². The predicted molar refractivity (Wildman–Crippen MR) is 125 cm³/mol. The van der Waals surface area contributed by atoms with Gasteiger partial charge in [0.1, 0.15) is 0 Å². The van der Waals surface area contributed by atoms with E-state index >= 15 is 0 Å². The molecule has 2 aromatic carbocycles. The first-order valence-corrected chi connectivity index (χ1v) is 11.5. The van der Waals surface area contributed by atoms with Crippen molar-refractivity contribution in [3.63, 3.8) is 0 Å². The minimum absolute atomic E-state index is 0.0256. The highest BCUT2D eigenvalue weighted by atomic mass is 32.2. The van der Waals surface area contributed by atoms with E-state index in [1.807, 2.05) is 25.1 Å². The molecule has 1 fully saturated rings. The molecule has 2 atom stereocenters. The van der Waals surface area contributed by atoms with Crippen LogP contribution in [0.15, 0.2) is 58.5 Å². The highest BCUT2D eigenvalue weighted by Crippen LogP contribution is 2.26. The number of aromatic nitrogens is 2. The smallest absolute Gasteiger partial charge is 0.262 e. The van der Waals surface area contributed by atoms with Gasteiger partial charge in [-0.15, -0.1) is 0 Å². The van der Waals surface area contributed by atoms with Crippen LogP contribution in [-0.4, -0.2) is 39.2 Å². The quantitative estimate of drug-likeness (QED) is 0.333. The fraction of sp³-hybridized carbons (Fsp3) is 0.333. The van der Waals surface area contributed by atoms with Gasteiger partial charge in [-0.2, -0.15) is 0 Å². The second-order valence-corrected chi connectivity index (χ2v) is 9.15. The molecule has 7 nitrogen and oxygen atoms in total. The molecule has 1 aliphatic heterocycles. The van der Waals surface area contributed by atoms with Crippen molar-refractivity contribution in [2.75, 3.05) is 11.9 Å². The number of ether oxygens (including phenoxy) is 1. The summed E-state index contributed by atoms with van der Waals surface area (Å²) in [5.41, 5.74) is 1.67. The summed E-state index contributed by atoms with van der Waals surface area (Å²) in [4.78, 5) is 42.2. The van der Waals surface area contributed by atoms with Crippen LogP contribution < -0.4 is 10.9 Å². The Bertz CT molecular complexity index is 1200. The van der Waals surface area contributed by atoms with Gasteiger partial charge in [-0.25, -0.2) is 4.98 Å². The second kappa shape index (κ2) is 9.67. The van der Waals surface area contributed by atoms with Crippen LogP contribution in [0.25, 0.3) is 10.9 Å². The summed E-state index contributed by atoms with van der Waals surface area (Å²) < 4.78 is 7.39. The summed E-state index contributed by atoms with van der Waals surface area (Å²) in [5.74, 6) is -0.241.